The van der Waals surface area contributed by atoms with E-state index in [2.05, 4.69) is 5.11 Å². The molecule has 0 saturated heterocycles. The van der Waals surface area contributed by atoms with E-state index >= 15 is 0 Å². The molecule has 0 spiro atoms. The monoisotopic (exact) mass is 165 g/mol. The predicted octanol–water partition coefficient (Wildman–Crippen LogP) is 1.90. The Balaban J connectivity index is 2.99. The minimum absolute atomic E-state index is 0.123. The number of hydrogen-bond donors (Lipinski definition) is 0. The molecular weight excluding hydrogens is 161 g/mol. The van der Waals surface area contributed by atoms with Gasteiger partial charge in [0.25, 0.3) is 6.19 Å². The molecule has 0 unspecified atom stereocenters. The lowest BCUT2D eigenvalue weighted by molar-refractivity contribution is -0.435. The normalized spacial score (nSPS) is 10.8. The number of azo groups is 1. The van der Waals surface area contributed by atoms with Gasteiger partial charge in [0.05, 0.1) is 5.11 Å². The average Bonchev–Trinajstić information content (AvgIpc) is 2.06. The van der Waals surface area contributed by atoms with Crippen LogP contribution >= 0.6 is 0 Å². The van der Waals surface area contributed by atoms with Crippen LogP contribution in [0.1, 0.15) is 0 Å². The van der Waals surface area contributed by atoms with Crippen LogP contribution in [-0.4, -0.2) is 4.86 Å². The van der Waals surface area contributed by atoms with Crippen LogP contribution in [0.15, 0.2) is 29.4 Å². The van der Waals surface area contributed by atoms with Crippen LogP contribution in [0.2, 0.25) is 0 Å². The van der Waals surface area contributed by atoms with Gasteiger partial charge in [-0.05, 0) is 17.0 Å². The third kappa shape index (κ3) is 1.76. The maximum absolute atomic E-state index is 12.3. The minimum Gasteiger partial charge on any atom is -0.593 e. The fourth-order valence-electron chi connectivity index (χ4n) is 0.667. The van der Waals surface area contributed by atoms with Crippen LogP contribution in [0.4, 0.5) is 10.1 Å². The zero-order chi connectivity index (χ0) is 8.97. The summed E-state index contributed by atoms with van der Waals surface area (Å²) in [7, 11) is 0. The quantitative estimate of drug-likeness (QED) is 0.276. The molecule has 1 aromatic carbocycles. The molecule has 60 valence electrons. The van der Waals surface area contributed by atoms with E-state index in [1.54, 1.807) is 0 Å². The molecule has 0 heterocycles. The number of nitrogens with zero attached hydrogens (tertiary/aromatic N) is 3. The SMILES string of the molecule is N#CN=[N+]([O-])c1ccc(F)cc1. The smallest absolute Gasteiger partial charge is 0.274 e. The second-order valence-electron chi connectivity index (χ2n) is 1.95. The van der Waals surface area contributed by atoms with Crippen LogP contribution in [0.3, 0.4) is 0 Å². The van der Waals surface area contributed by atoms with Gasteiger partial charge in [0.2, 0.25) is 5.69 Å². The van der Waals surface area contributed by atoms with Gasteiger partial charge in [-0.2, -0.15) is 5.26 Å². The van der Waals surface area contributed by atoms with Gasteiger partial charge in [-0.15, -0.1) is 0 Å². The van der Waals surface area contributed by atoms with Crippen LogP contribution in [0, 0.1) is 22.5 Å². The van der Waals surface area contributed by atoms with Crippen molar-refractivity contribution in [3.63, 3.8) is 0 Å². The van der Waals surface area contributed by atoms with E-state index in [1.165, 1.54) is 18.3 Å². The first-order valence-electron chi connectivity index (χ1n) is 3.06. The summed E-state index contributed by atoms with van der Waals surface area (Å²) in [6, 6.07) is 4.71. The van der Waals surface area contributed by atoms with Gasteiger partial charge in [-0.3, -0.25) is 0 Å². The first-order chi connectivity index (χ1) is 5.74. The second kappa shape index (κ2) is 3.44. The Kier molecular flexibility index (Phi) is 2.33. The Bertz CT molecular complexity index is 339. The lowest BCUT2D eigenvalue weighted by Gasteiger charge is -1.95. The molecule has 0 bridgehead atoms. The zero-order valence-corrected chi connectivity index (χ0v) is 5.94. The van der Waals surface area contributed by atoms with Gasteiger partial charge < -0.3 is 5.21 Å². The second-order valence-corrected chi connectivity index (χ2v) is 1.95. The molecule has 0 aliphatic rings. The Morgan fingerprint density at radius 1 is 1.42 bits per heavy atom. The van der Waals surface area contributed by atoms with E-state index in [-0.39, 0.29) is 10.5 Å². The van der Waals surface area contributed by atoms with Crippen molar-refractivity contribution in [1.29, 1.82) is 5.26 Å². The molecule has 0 radical (unpaired) electrons. The molecule has 4 nitrogen and oxygen atoms in total. The van der Waals surface area contributed by atoms with Crippen LogP contribution < -0.4 is 0 Å². The molecule has 0 aliphatic carbocycles. The summed E-state index contributed by atoms with van der Waals surface area (Å²) < 4.78 is 12.3. The van der Waals surface area contributed by atoms with E-state index in [4.69, 9.17) is 5.26 Å². The molecular formula is C7H4FN3O. The highest BCUT2D eigenvalue weighted by molar-refractivity contribution is 5.28. The van der Waals surface area contributed by atoms with E-state index in [1.807, 2.05) is 0 Å². The van der Waals surface area contributed by atoms with E-state index in [0.29, 0.717) is 0 Å². The van der Waals surface area contributed by atoms with Gasteiger partial charge in [0.15, 0.2) is 0 Å². The van der Waals surface area contributed by atoms with Gasteiger partial charge in [0.1, 0.15) is 5.82 Å². The van der Waals surface area contributed by atoms with E-state index in [0.717, 1.165) is 12.1 Å². The Hall–Kier alpha value is -1.96. The van der Waals surface area contributed by atoms with Gasteiger partial charge in [-0.1, -0.05) is 0 Å². The summed E-state index contributed by atoms with van der Waals surface area (Å²) in [5, 5.41) is 21.7. The first-order valence-corrected chi connectivity index (χ1v) is 3.06. The zero-order valence-electron chi connectivity index (χ0n) is 5.94. The Morgan fingerprint density at radius 2 is 2.00 bits per heavy atom. The van der Waals surface area contributed by atoms with Crippen molar-refractivity contribution in [2.24, 2.45) is 5.11 Å². The lowest BCUT2D eigenvalue weighted by Crippen LogP contribution is -1.89. The summed E-state index contributed by atoms with van der Waals surface area (Å²) in [5.41, 5.74) is 0.123. The molecule has 0 amide bonds. The average molecular weight is 165 g/mol. The van der Waals surface area contributed by atoms with Crippen molar-refractivity contribution in [3.8, 4) is 6.19 Å². The van der Waals surface area contributed by atoms with Crippen molar-refractivity contribution < 1.29 is 9.25 Å². The molecule has 0 N–H and O–H groups in total. The molecule has 0 aliphatic heterocycles. The fourth-order valence-corrected chi connectivity index (χ4v) is 0.667. The highest BCUT2D eigenvalue weighted by Crippen LogP contribution is 2.11. The van der Waals surface area contributed by atoms with Crippen molar-refractivity contribution in [2.75, 3.05) is 0 Å². The summed E-state index contributed by atoms with van der Waals surface area (Å²) in [5.74, 6) is -0.441. The third-order valence-corrected chi connectivity index (χ3v) is 1.18. The van der Waals surface area contributed by atoms with Crippen molar-refractivity contribution in [3.05, 3.63) is 35.3 Å². The number of hydrogen-bond acceptors (Lipinski definition) is 3. The molecule has 1 aromatic rings. The maximum Gasteiger partial charge on any atom is 0.274 e. The number of rotatable bonds is 1. The highest BCUT2D eigenvalue weighted by Gasteiger charge is 2.01. The van der Waals surface area contributed by atoms with Gasteiger partial charge >= 0.3 is 0 Å². The molecule has 1 rings (SSSR count). The van der Waals surface area contributed by atoms with E-state index < -0.39 is 5.82 Å². The lowest BCUT2D eigenvalue weighted by atomic mass is 10.3. The standard InChI is InChI=1S/C7H4FN3O/c8-6-1-3-7(4-2-6)11(12)10-5-9/h1-4H. The Labute approximate surface area is 67.8 Å². The van der Waals surface area contributed by atoms with Crippen LogP contribution in [-0.2, 0) is 0 Å². The van der Waals surface area contributed by atoms with Gasteiger partial charge in [0, 0.05) is 12.1 Å². The van der Waals surface area contributed by atoms with Crippen LogP contribution in [0.25, 0.3) is 0 Å². The predicted molar refractivity (Wildman–Crippen MR) is 37.7 cm³/mol. The summed E-state index contributed by atoms with van der Waals surface area (Å²) in [4.78, 5) is 0.124. The highest BCUT2D eigenvalue weighted by atomic mass is 19.1. The Morgan fingerprint density at radius 3 is 2.50 bits per heavy atom. The molecule has 0 atom stereocenters. The topological polar surface area (TPSA) is 62.2 Å². The summed E-state index contributed by atoms with van der Waals surface area (Å²) in [6.07, 6.45) is 1.33. The molecule has 0 saturated carbocycles. The minimum atomic E-state index is -0.441. The molecule has 5 heteroatoms. The number of nitriles is 1. The molecule has 0 aromatic heterocycles. The van der Waals surface area contributed by atoms with E-state index in [9.17, 15) is 9.60 Å². The maximum atomic E-state index is 12.3. The number of halogens is 1. The largest absolute Gasteiger partial charge is 0.593 e. The number of benzene rings is 1. The first kappa shape index (κ1) is 8.14. The third-order valence-electron chi connectivity index (χ3n) is 1.18. The fraction of sp³-hybridized carbons (Fsp3) is 0. The summed E-state index contributed by atoms with van der Waals surface area (Å²) >= 11 is 0. The van der Waals surface area contributed by atoms with Crippen molar-refractivity contribution in [1.82, 2.24) is 0 Å². The molecule has 12 heavy (non-hydrogen) atoms. The molecule has 0 fully saturated rings. The van der Waals surface area contributed by atoms with Crippen LogP contribution in [0.5, 0.6) is 0 Å². The van der Waals surface area contributed by atoms with Crippen molar-refractivity contribution in [2.45, 2.75) is 0 Å². The van der Waals surface area contributed by atoms with Gasteiger partial charge in [-0.25, -0.2) is 4.39 Å². The van der Waals surface area contributed by atoms with Crippen molar-refractivity contribution >= 4 is 5.69 Å². The summed E-state index contributed by atoms with van der Waals surface area (Å²) in [6.45, 7) is 0.